The van der Waals surface area contributed by atoms with Crippen LogP contribution < -0.4 is 4.74 Å². The molecule has 0 N–H and O–H groups in total. The van der Waals surface area contributed by atoms with E-state index in [2.05, 4.69) is 4.90 Å². The van der Waals surface area contributed by atoms with E-state index < -0.39 is 0 Å². The van der Waals surface area contributed by atoms with Crippen molar-refractivity contribution in [2.45, 2.75) is 32.6 Å². The second-order valence-corrected chi connectivity index (χ2v) is 5.42. The van der Waals surface area contributed by atoms with Crippen molar-refractivity contribution in [3.8, 4) is 5.75 Å². The Bertz CT molecular complexity index is 375. The lowest BCUT2D eigenvalue weighted by atomic mass is 10.1. The molecule has 2 rings (SSSR count). The Labute approximate surface area is 115 Å². The molecule has 100 valence electrons. The summed E-state index contributed by atoms with van der Waals surface area (Å²) in [6, 6.07) is 5.84. The molecule has 1 saturated heterocycles. The van der Waals surface area contributed by atoms with Gasteiger partial charge in [0.05, 0.1) is 6.61 Å². The third-order valence-corrected chi connectivity index (χ3v) is 3.89. The fraction of sp³-hybridized carbons (Fsp3) is 0.600. The second kappa shape index (κ2) is 7.01. The molecule has 1 fully saturated rings. The molecule has 1 aromatic carbocycles. The largest absolute Gasteiger partial charge is 0.494 e. The Morgan fingerprint density at radius 2 is 2.00 bits per heavy atom. The van der Waals surface area contributed by atoms with Crippen LogP contribution in [0.1, 0.15) is 31.2 Å². The van der Waals surface area contributed by atoms with E-state index in [9.17, 15) is 0 Å². The number of aryl methyl sites for hydroxylation is 1. The summed E-state index contributed by atoms with van der Waals surface area (Å²) in [7, 11) is 0. The maximum Gasteiger partial charge on any atom is 0.119 e. The van der Waals surface area contributed by atoms with Crippen molar-refractivity contribution in [1.82, 2.24) is 4.90 Å². The smallest absolute Gasteiger partial charge is 0.119 e. The summed E-state index contributed by atoms with van der Waals surface area (Å²) in [5.74, 6) is 0.926. The molecule has 3 heteroatoms. The Morgan fingerprint density at radius 3 is 2.72 bits per heavy atom. The summed E-state index contributed by atoms with van der Waals surface area (Å²) in [5, 5.41) is 0.802. The molecule has 1 aromatic rings. The predicted molar refractivity (Wildman–Crippen MR) is 76.6 cm³/mol. The minimum Gasteiger partial charge on any atom is -0.494 e. The number of ether oxygens (including phenoxy) is 1. The van der Waals surface area contributed by atoms with Gasteiger partial charge in [0.1, 0.15) is 5.75 Å². The second-order valence-electron chi connectivity index (χ2n) is 5.02. The third-order valence-electron chi connectivity index (χ3n) is 3.47. The number of halogens is 1. The summed E-state index contributed by atoms with van der Waals surface area (Å²) in [4.78, 5) is 2.54. The predicted octanol–water partition coefficient (Wildman–Crippen LogP) is 3.90. The van der Waals surface area contributed by atoms with Gasteiger partial charge >= 0.3 is 0 Å². The van der Waals surface area contributed by atoms with Crippen LogP contribution in [-0.4, -0.2) is 31.1 Å². The molecular weight excluding hydrogens is 246 g/mol. The SMILES string of the molecule is Cc1cc(OCCCN2CCCCC2)ccc1Cl. The van der Waals surface area contributed by atoms with E-state index in [1.54, 1.807) is 0 Å². The summed E-state index contributed by atoms with van der Waals surface area (Å²) < 4.78 is 5.75. The van der Waals surface area contributed by atoms with E-state index in [0.29, 0.717) is 0 Å². The van der Waals surface area contributed by atoms with Gasteiger partial charge in [-0.1, -0.05) is 18.0 Å². The van der Waals surface area contributed by atoms with E-state index in [4.69, 9.17) is 16.3 Å². The van der Waals surface area contributed by atoms with Gasteiger partial charge in [0.25, 0.3) is 0 Å². The van der Waals surface area contributed by atoms with Crippen LogP contribution in [0.5, 0.6) is 5.75 Å². The molecule has 2 nitrogen and oxygen atoms in total. The molecule has 0 atom stereocenters. The highest BCUT2D eigenvalue weighted by Crippen LogP contribution is 2.21. The number of likely N-dealkylation sites (tertiary alicyclic amines) is 1. The first-order chi connectivity index (χ1) is 8.75. The number of rotatable bonds is 5. The van der Waals surface area contributed by atoms with Crippen LogP contribution in [0, 0.1) is 6.92 Å². The van der Waals surface area contributed by atoms with Crippen molar-refractivity contribution in [3.63, 3.8) is 0 Å². The molecule has 1 heterocycles. The molecular formula is C15H22ClNO. The minimum absolute atomic E-state index is 0.789. The van der Waals surface area contributed by atoms with Gasteiger partial charge in [0.2, 0.25) is 0 Å². The molecule has 0 aromatic heterocycles. The number of nitrogens with zero attached hydrogens (tertiary/aromatic N) is 1. The highest BCUT2D eigenvalue weighted by Gasteiger charge is 2.09. The van der Waals surface area contributed by atoms with E-state index in [1.165, 1.54) is 32.4 Å². The van der Waals surface area contributed by atoms with Gasteiger partial charge in [-0.2, -0.15) is 0 Å². The zero-order valence-electron chi connectivity index (χ0n) is 11.1. The molecule has 18 heavy (non-hydrogen) atoms. The first kappa shape index (κ1) is 13.7. The maximum absolute atomic E-state index is 5.98. The van der Waals surface area contributed by atoms with Gasteiger partial charge in [-0.15, -0.1) is 0 Å². The topological polar surface area (TPSA) is 12.5 Å². The van der Waals surface area contributed by atoms with Crippen LogP contribution in [0.15, 0.2) is 18.2 Å². The van der Waals surface area contributed by atoms with Crippen LogP contribution in [0.3, 0.4) is 0 Å². The summed E-state index contributed by atoms with van der Waals surface area (Å²) in [5.41, 5.74) is 1.07. The molecule has 0 bridgehead atoms. The average Bonchev–Trinajstić information content (AvgIpc) is 2.40. The van der Waals surface area contributed by atoms with Crippen LogP contribution in [-0.2, 0) is 0 Å². The van der Waals surface area contributed by atoms with Crippen molar-refractivity contribution >= 4 is 11.6 Å². The minimum atomic E-state index is 0.789. The zero-order chi connectivity index (χ0) is 12.8. The van der Waals surface area contributed by atoms with Crippen molar-refractivity contribution in [2.24, 2.45) is 0 Å². The Kier molecular flexibility index (Phi) is 5.33. The number of piperidine rings is 1. The lowest BCUT2D eigenvalue weighted by Gasteiger charge is -2.26. The van der Waals surface area contributed by atoms with E-state index in [0.717, 1.165) is 35.9 Å². The molecule has 0 aliphatic carbocycles. The fourth-order valence-electron chi connectivity index (χ4n) is 2.37. The molecule has 0 spiro atoms. The maximum atomic E-state index is 5.98. The molecule has 0 unspecified atom stereocenters. The van der Waals surface area contributed by atoms with E-state index >= 15 is 0 Å². The van der Waals surface area contributed by atoms with Crippen molar-refractivity contribution < 1.29 is 4.74 Å². The first-order valence-electron chi connectivity index (χ1n) is 6.87. The molecule has 1 aliphatic heterocycles. The number of hydrogen-bond donors (Lipinski definition) is 0. The van der Waals surface area contributed by atoms with Crippen LogP contribution in [0.25, 0.3) is 0 Å². The van der Waals surface area contributed by atoms with Crippen LogP contribution in [0.4, 0.5) is 0 Å². The van der Waals surface area contributed by atoms with Crippen molar-refractivity contribution in [1.29, 1.82) is 0 Å². The number of benzene rings is 1. The molecule has 1 aliphatic rings. The van der Waals surface area contributed by atoms with Crippen LogP contribution in [0.2, 0.25) is 5.02 Å². The molecule has 0 radical (unpaired) electrons. The van der Waals surface area contributed by atoms with Gasteiger partial charge in [-0.3, -0.25) is 0 Å². The van der Waals surface area contributed by atoms with Gasteiger partial charge in [0, 0.05) is 11.6 Å². The van der Waals surface area contributed by atoms with E-state index in [-0.39, 0.29) is 0 Å². The Balaban J connectivity index is 1.66. The van der Waals surface area contributed by atoms with Crippen LogP contribution >= 0.6 is 11.6 Å². The molecule has 0 amide bonds. The molecule has 0 saturated carbocycles. The highest BCUT2D eigenvalue weighted by atomic mass is 35.5. The highest BCUT2D eigenvalue weighted by molar-refractivity contribution is 6.31. The fourth-order valence-corrected chi connectivity index (χ4v) is 2.49. The monoisotopic (exact) mass is 267 g/mol. The summed E-state index contributed by atoms with van der Waals surface area (Å²) in [6.07, 6.45) is 5.22. The van der Waals surface area contributed by atoms with Crippen molar-refractivity contribution in [2.75, 3.05) is 26.2 Å². The first-order valence-corrected chi connectivity index (χ1v) is 7.25. The summed E-state index contributed by atoms with van der Waals surface area (Å²) >= 11 is 5.98. The average molecular weight is 268 g/mol. The van der Waals surface area contributed by atoms with Crippen molar-refractivity contribution in [3.05, 3.63) is 28.8 Å². The normalized spacial score (nSPS) is 16.8. The van der Waals surface area contributed by atoms with Gasteiger partial charge in [-0.25, -0.2) is 0 Å². The quantitative estimate of drug-likeness (QED) is 0.750. The van der Waals surface area contributed by atoms with E-state index in [1.807, 2.05) is 25.1 Å². The van der Waals surface area contributed by atoms with Gasteiger partial charge < -0.3 is 9.64 Å². The Morgan fingerprint density at radius 1 is 1.22 bits per heavy atom. The Hall–Kier alpha value is -0.730. The van der Waals surface area contributed by atoms with Gasteiger partial charge in [0.15, 0.2) is 0 Å². The standard InChI is InChI=1S/C15H22ClNO/c1-13-12-14(6-7-15(13)16)18-11-5-10-17-8-3-2-4-9-17/h6-7,12H,2-5,8-11H2,1H3. The lowest BCUT2D eigenvalue weighted by Crippen LogP contribution is -2.31. The zero-order valence-corrected chi connectivity index (χ0v) is 11.9. The lowest BCUT2D eigenvalue weighted by molar-refractivity contribution is 0.205. The summed E-state index contributed by atoms with van der Waals surface area (Å²) in [6.45, 7) is 6.48. The number of hydrogen-bond acceptors (Lipinski definition) is 2. The third kappa shape index (κ3) is 4.18. The van der Waals surface area contributed by atoms with Gasteiger partial charge in [-0.05, 0) is 63.0 Å².